The molecule has 0 aliphatic carbocycles. The first kappa shape index (κ1) is 40.7. The maximum absolute atomic E-state index is 14.0. The van der Waals surface area contributed by atoms with Gasteiger partial charge in [0, 0.05) is 36.7 Å². The van der Waals surface area contributed by atoms with E-state index in [2.05, 4.69) is 43.0 Å². The van der Waals surface area contributed by atoms with E-state index in [1.807, 2.05) is 91.5 Å². The number of amides is 5. The van der Waals surface area contributed by atoms with E-state index >= 15 is 0 Å². The van der Waals surface area contributed by atoms with Crippen LogP contribution in [0.15, 0.2) is 97.3 Å². The van der Waals surface area contributed by atoms with E-state index < -0.39 is 24.2 Å². The van der Waals surface area contributed by atoms with Gasteiger partial charge >= 0.3 is 12.1 Å². The van der Waals surface area contributed by atoms with E-state index in [4.69, 9.17) is 14.7 Å². The molecule has 0 spiro atoms. The fourth-order valence-electron chi connectivity index (χ4n) is 8.39. The molecular formula is C46H50N10O5. The first-order chi connectivity index (χ1) is 29.6. The average molecular weight is 823 g/mol. The fraction of sp³-hybridized carbons (Fsp3) is 0.326. The van der Waals surface area contributed by atoms with Gasteiger partial charge in [0.05, 0.1) is 54.2 Å². The molecule has 3 aromatic heterocycles. The van der Waals surface area contributed by atoms with E-state index in [1.54, 1.807) is 17.3 Å². The molecule has 8 rings (SSSR count). The first-order valence-corrected chi connectivity index (χ1v) is 20.7. The second-order valence-corrected chi connectivity index (χ2v) is 15.8. The second-order valence-electron chi connectivity index (χ2n) is 15.8. The zero-order chi connectivity index (χ0) is 42.6. The van der Waals surface area contributed by atoms with Crippen molar-refractivity contribution in [3.05, 3.63) is 115 Å². The average Bonchev–Trinajstić information content (AvgIpc) is 4.14. The van der Waals surface area contributed by atoms with Crippen LogP contribution in [0, 0.1) is 5.92 Å². The summed E-state index contributed by atoms with van der Waals surface area (Å²) in [6.07, 6.45) is 6.17. The van der Waals surface area contributed by atoms with E-state index in [9.17, 15) is 19.2 Å². The smallest absolute Gasteiger partial charge is 0.407 e. The molecule has 314 valence electrons. The number of methoxy groups -OCH3 is 1. The number of nitrogens with one attached hydrogen (secondary N) is 5. The van der Waals surface area contributed by atoms with Crippen LogP contribution in [0.1, 0.15) is 74.9 Å². The van der Waals surface area contributed by atoms with Crippen molar-refractivity contribution in [2.24, 2.45) is 5.92 Å². The number of hydrogen-bond acceptors (Lipinski definition) is 8. The molecule has 5 N–H and O–H groups in total. The van der Waals surface area contributed by atoms with Gasteiger partial charge in [0.1, 0.15) is 23.7 Å². The van der Waals surface area contributed by atoms with Gasteiger partial charge in [0.15, 0.2) is 0 Å². The number of hydrogen-bond donors (Lipinski definition) is 5. The Morgan fingerprint density at radius 3 is 1.97 bits per heavy atom. The maximum Gasteiger partial charge on any atom is 0.407 e. The zero-order valence-electron chi connectivity index (χ0n) is 34.6. The lowest BCUT2D eigenvalue weighted by Crippen LogP contribution is -2.51. The van der Waals surface area contributed by atoms with Crippen molar-refractivity contribution in [2.75, 3.05) is 27.2 Å². The van der Waals surface area contributed by atoms with Gasteiger partial charge in [-0.15, -0.1) is 0 Å². The number of alkyl carbamates (subject to hydrolysis) is 1. The third kappa shape index (κ3) is 8.54. The largest absolute Gasteiger partial charge is 0.453 e. The van der Waals surface area contributed by atoms with Crippen LogP contribution in [0.2, 0.25) is 0 Å². The zero-order valence-corrected chi connectivity index (χ0v) is 34.6. The number of ether oxygens (including phenoxy) is 1. The van der Waals surface area contributed by atoms with E-state index in [0.29, 0.717) is 30.3 Å². The number of carbonyl (C=O) groups is 4. The summed E-state index contributed by atoms with van der Waals surface area (Å²) in [6.45, 7) is 4.95. The lowest BCUT2D eigenvalue weighted by atomic mass is 10.0. The first-order valence-electron chi connectivity index (χ1n) is 20.7. The van der Waals surface area contributed by atoms with Crippen LogP contribution in [0.25, 0.3) is 44.7 Å². The van der Waals surface area contributed by atoms with Crippen molar-refractivity contribution >= 4 is 34.8 Å². The number of likely N-dealkylation sites (tertiary alicyclic amines) is 2. The highest BCUT2D eigenvalue weighted by atomic mass is 16.5. The third-order valence-corrected chi connectivity index (χ3v) is 11.7. The Morgan fingerprint density at radius 2 is 1.34 bits per heavy atom. The molecule has 0 bridgehead atoms. The van der Waals surface area contributed by atoms with Gasteiger partial charge in [-0.25, -0.2) is 24.5 Å². The Morgan fingerprint density at radius 1 is 0.738 bits per heavy atom. The number of pyridine rings is 1. The molecule has 2 aliphatic heterocycles. The topological polar surface area (TPSA) is 190 Å². The Bertz CT molecular complexity index is 2530. The van der Waals surface area contributed by atoms with Crippen molar-refractivity contribution in [1.82, 2.24) is 50.7 Å². The third-order valence-electron chi connectivity index (χ3n) is 11.7. The predicted molar refractivity (Wildman–Crippen MR) is 231 cm³/mol. The molecule has 4 atom stereocenters. The minimum Gasteiger partial charge on any atom is -0.453 e. The van der Waals surface area contributed by atoms with E-state index in [-0.39, 0.29) is 29.8 Å². The number of H-pyrrole nitrogens is 2. The van der Waals surface area contributed by atoms with Gasteiger partial charge in [0.25, 0.3) is 0 Å². The molecule has 2 aliphatic rings. The van der Waals surface area contributed by atoms with Crippen LogP contribution in [-0.4, -0.2) is 91.9 Å². The Kier molecular flexibility index (Phi) is 11.8. The van der Waals surface area contributed by atoms with E-state index in [1.165, 1.54) is 14.2 Å². The lowest BCUT2D eigenvalue weighted by Gasteiger charge is -2.30. The number of benzene rings is 3. The molecule has 3 aromatic carbocycles. The number of aromatic nitrogens is 5. The van der Waals surface area contributed by atoms with Crippen molar-refractivity contribution in [2.45, 2.75) is 63.7 Å². The van der Waals surface area contributed by atoms with Crippen molar-refractivity contribution in [3.63, 3.8) is 0 Å². The number of rotatable bonds is 11. The van der Waals surface area contributed by atoms with Crippen molar-refractivity contribution in [3.8, 4) is 33.8 Å². The number of nitrogens with zero attached hydrogens (tertiary/aromatic N) is 5. The van der Waals surface area contributed by atoms with Crippen LogP contribution < -0.4 is 16.0 Å². The molecule has 2 fully saturated rings. The highest BCUT2D eigenvalue weighted by Gasteiger charge is 2.38. The Labute approximate surface area is 353 Å². The molecule has 0 radical (unpaired) electrons. The van der Waals surface area contributed by atoms with Crippen LogP contribution in [-0.2, 0) is 14.3 Å². The van der Waals surface area contributed by atoms with Gasteiger partial charge in [-0.1, -0.05) is 80.6 Å². The summed E-state index contributed by atoms with van der Waals surface area (Å²) in [6, 6.07) is 25.2. The standard InChI is InChI=1S/C46H50N10O5/c1-27(2)39(54-46(60)61-4)43(57)55-22-8-12-37(55)41-48-25-35(51-41)29-16-14-28(15-17-29)33-20-18-31-24-32(19-21-34(31)50-33)36-26-49-42(52-36)38-13-9-23-56(38)44(58)40(53-45(59)47-3)30-10-6-5-7-11-30/h5-7,10-11,14-21,24-27,37-40H,8-9,12-13,22-23H2,1-4H3,(H,48,51)(H,49,52)(H,54,60)(H2,47,53,59). The van der Waals surface area contributed by atoms with Crippen molar-refractivity contribution < 1.29 is 23.9 Å². The van der Waals surface area contributed by atoms with E-state index in [0.717, 1.165) is 70.4 Å². The minimum absolute atomic E-state index is 0.111. The molecule has 4 unspecified atom stereocenters. The molecule has 6 aromatic rings. The lowest BCUT2D eigenvalue weighted by molar-refractivity contribution is -0.135. The van der Waals surface area contributed by atoms with Crippen LogP contribution >= 0.6 is 0 Å². The molecule has 0 saturated carbocycles. The number of imidazole rings is 2. The number of carbonyl (C=O) groups excluding carboxylic acids is 4. The summed E-state index contributed by atoms with van der Waals surface area (Å²) < 4.78 is 4.76. The Balaban J connectivity index is 0.943. The summed E-state index contributed by atoms with van der Waals surface area (Å²) in [4.78, 5) is 76.8. The van der Waals surface area contributed by atoms with Gasteiger partial charge in [-0.2, -0.15) is 0 Å². The predicted octanol–water partition coefficient (Wildman–Crippen LogP) is 7.06. The molecule has 5 amide bonds. The second kappa shape index (κ2) is 17.7. The molecule has 15 heteroatoms. The summed E-state index contributed by atoms with van der Waals surface area (Å²) in [5.41, 5.74) is 6.96. The Hall–Kier alpha value is -7.03. The molecule has 5 heterocycles. The summed E-state index contributed by atoms with van der Waals surface area (Å²) >= 11 is 0. The molecule has 61 heavy (non-hydrogen) atoms. The highest BCUT2D eigenvalue weighted by Crippen LogP contribution is 2.36. The van der Waals surface area contributed by atoms with Gasteiger partial charge in [-0.3, -0.25) is 9.59 Å². The van der Waals surface area contributed by atoms with Crippen LogP contribution in [0.5, 0.6) is 0 Å². The quantitative estimate of drug-likeness (QED) is 0.0918. The molecule has 15 nitrogen and oxygen atoms in total. The monoisotopic (exact) mass is 822 g/mol. The minimum atomic E-state index is -0.826. The number of aromatic amines is 2. The maximum atomic E-state index is 14.0. The normalized spacial score (nSPS) is 17.3. The fourth-order valence-corrected chi connectivity index (χ4v) is 8.39. The highest BCUT2D eigenvalue weighted by molar-refractivity contribution is 5.89. The summed E-state index contributed by atoms with van der Waals surface area (Å²) in [5.74, 6) is 0.985. The van der Waals surface area contributed by atoms with Gasteiger partial charge in [-0.05, 0) is 60.9 Å². The summed E-state index contributed by atoms with van der Waals surface area (Å²) in [5, 5.41) is 9.06. The van der Waals surface area contributed by atoms with Gasteiger partial charge < -0.3 is 40.5 Å². The molecular weight excluding hydrogens is 773 g/mol. The van der Waals surface area contributed by atoms with Gasteiger partial charge in [0.2, 0.25) is 11.8 Å². The number of fused-ring (bicyclic) bond motifs is 1. The number of urea groups is 1. The van der Waals surface area contributed by atoms with Crippen LogP contribution in [0.3, 0.4) is 0 Å². The SMILES string of the molecule is CNC(=O)NC(C(=O)N1CCCC1c1ncc(-c2ccc3nc(-c4ccc(-c5cnc(C6CCCN6C(=O)C(NC(=O)OC)C(C)C)[nH]5)cc4)ccc3c2)[nH]1)c1ccccc1. The molecule has 2 saturated heterocycles. The summed E-state index contributed by atoms with van der Waals surface area (Å²) in [7, 11) is 2.82. The van der Waals surface area contributed by atoms with Crippen molar-refractivity contribution in [1.29, 1.82) is 0 Å². The van der Waals surface area contributed by atoms with Crippen LogP contribution in [0.4, 0.5) is 9.59 Å².